The smallest absolute Gasteiger partial charge is 0.310 e. The molecule has 0 aromatic heterocycles. The normalized spacial score (nSPS) is 33.7. The summed E-state index contributed by atoms with van der Waals surface area (Å²) >= 11 is 0. The Balaban J connectivity index is 1.52. The number of nitrogens with one attached hydrogen (secondary N) is 2. The van der Waals surface area contributed by atoms with Crippen molar-refractivity contribution < 1.29 is 38.7 Å². The molecule has 218 valence electrons. The molecular weight excluding hydrogens is 492 g/mol. The van der Waals surface area contributed by atoms with E-state index in [-0.39, 0.29) is 48.2 Å². The van der Waals surface area contributed by atoms with Crippen LogP contribution >= 0.6 is 0 Å². The van der Waals surface area contributed by atoms with Crippen LogP contribution in [0.15, 0.2) is 0 Å². The van der Waals surface area contributed by atoms with Gasteiger partial charge in [0.05, 0.1) is 37.3 Å². The molecule has 2 atom stereocenters. The summed E-state index contributed by atoms with van der Waals surface area (Å²) in [5, 5.41) is 27.5. The van der Waals surface area contributed by atoms with Crippen LogP contribution in [-0.4, -0.2) is 81.3 Å². The topological polar surface area (TPSA) is 136 Å². The largest absolute Gasteiger partial charge is 0.481 e. The fourth-order valence-corrected chi connectivity index (χ4v) is 8.27. The Morgan fingerprint density at radius 2 is 1.05 bits per heavy atom. The number of rotatable bonds is 7. The monoisotopic (exact) mass is 540 g/mol. The summed E-state index contributed by atoms with van der Waals surface area (Å²) in [6.07, 6.45) is 0.889. The van der Waals surface area contributed by atoms with E-state index in [2.05, 4.69) is 66.0 Å². The number of carbonyl (C=O) groups is 2. The van der Waals surface area contributed by atoms with Crippen molar-refractivity contribution in [1.82, 2.24) is 10.6 Å². The molecule has 0 amide bonds. The van der Waals surface area contributed by atoms with Crippen LogP contribution in [0, 0.1) is 5.41 Å². The first-order valence-electron chi connectivity index (χ1n) is 13.8. The maximum absolute atomic E-state index is 12.8. The van der Waals surface area contributed by atoms with E-state index in [1.54, 1.807) is 0 Å². The number of piperidine rings is 2. The van der Waals surface area contributed by atoms with Crippen LogP contribution in [-0.2, 0) is 28.5 Å². The molecule has 2 spiro atoms. The molecule has 2 unspecified atom stereocenters. The van der Waals surface area contributed by atoms with E-state index in [4.69, 9.17) is 18.9 Å². The lowest BCUT2D eigenvalue weighted by molar-refractivity contribution is -0.220. The lowest BCUT2D eigenvalue weighted by Gasteiger charge is -2.50. The predicted molar refractivity (Wildman–Crippen MR) is 140 cm³/mol. The van der Waals surface area contributed by atoms with Gasteiger partial charge >= 0.3 is 11.9 Å². The van der Waals surface area contributed by atoms with Gasteiger partial charge in [-0.1, -0.05) is 0 Å². The average Bonchev–Trinajstić information content (AvgIpc) is 3.18. The maximum atomic E-state index is 12.8. The summed E-state index contributed by atoms with van der Waals surface area (Å²) < 4.78 is 25.4. The first-order chi connectivity index (χ1) is 17.2. The Morgan fingerprint density at radius 3 is 1.34 bits per heavy atom. The van der Waals surface area contributed by atoms with E-state index in [9.17, 15) is 19.8 Å². The van der Waals surface area contributed by atoms with Gasteiger partial charge in [0.1, 0.15) is 0 Å². The minimum Gasteiger partial charge on any atom is -0.481 e. The lowest BCUT2D eigenvalue weighted by Crippen LogP contribution is -2.64. The van der Waals surface area contributed by atoms with Crippen LogP contribution in [0.1, 0.15) is 100 Å². The summed E-state index contributed by atoms with van der Waals surface area (Å²) in [4.78, 5) is 24.8. The molecule has 0 saturated carbocycles. The molecule has 4 aliphatic heterocycles. The zero-order chi connectivity index (χ0) is 28.4. The summed E-state index contributed by atoms with van der Waals surface area (Å²) in [5.74, 6) is -3.99. The molecule has 0 aromatic rings. The van der Waals surface area contributed by atoms with Crippen molar-refractivity contribution in [1.29, 1.82) is 0 Å². The van der Waals surface area contributed by atoms with E-state index in [1.807, 2.05) is 0 Å². The van der Waals surface area contributed by atoms with Gasteiger partial charge in [-0.25, -0.2) is 0 Å². The Hall–Kier alpha value is -1.30. The second-order valence-electron chi connectivity index (χ2n) is 15.0. The van der Waals surface area contributed by atoms with Crippen LogP contribution in [0.2, 0.25) is 0 Å². The molecule has 4 rings (SSSR count). The van der Waals surface area contributed by atoms with Crippen LogP contribution in [0.5, 0.6) is 0 Å². The SMILES string of the molecule is CC1(C)CC2(CC(C)(C)N1)OCC(CC(CC(=O)O)(CC1COC3(CC(C)(C)NC(C)(C)C3)O1)C(=O)O)O2. The minimum absolute atomic E-state index is 0.0239. The van der Waals surface area contributed by atoms with Gasteiger partial charge in [-0.3, -0.25) is 9.59 Å². The van der Waals surface area contributed by atoms with Gasteiger partial charge in [-0.05, 0) is 68.2 Å². The van der Waals surface area contributed by atoms with Crippen LogP contribution in [0.3, 0.4) is 0 Å². The van der Waals surface area contributed by atoms with Gasteiger partial charge in [0, 0.05) is 47.8 Å². The third kappa shape index (κ3) is 6.53. The summed E-state index contributed by atoms with van der Waals surface area (Å²) in [5.41, 5.74) is -2.52. The van der Waals surface area contributed by atoms with Crippen molar-refractivity contribution in [2.45, 2.75) is 146 Å². The van der Waals surface area contributed by atoms with E-state index in [0.717, 1.165) is 0 Å². The van der Waals surface area contributed by atoms with Crippen LogP contribution in [0.4, 0.5) is 0 Å². The number of hydrogen-bond donors (Lipinski definition) is 4. The zero-order valence-electron chi connectivity index (χ0n) is 24.4. The fraction of sp³-hybridized carbons (Fsp3) is 0.929. The third-order valence-electron chi connectivity index (χ3n) is 8.21. The molecule has 4 saturated heterocycles. The average molecular weight is 541 g/mol. The molecule has 4 aliphatic rings. The van der Waals surface area contributed by atoms with Gasteiger partial charge in [-0.2, -0.15) is 0 Å². The number of carboxylic acids is 2. The van der Waals surface area contributed by atoms with E-state index >= 15 is 0 Å². The number of hydrogen-bond acceptors (Lipinski definition) is 8. The molecule has 0 aliphatic carbocycles. The van der Waals surface area contributed by atoms with Gasteiger partial charge in [0.2, 0.25) is 0 Å². The van der Waals surface area contributed by atoms with Crippen molar-refractivity contribution in [2.75, 3.05) is 13.2 Å². The Bertz CT molecular complexity index is 853. The van der Waals surface area contributed by atoms with Gasteiger partial charge in [0.25, 0.3) is 0 Å². The number of carboxylic acid groups (broad SMARTS) is 2. The second-order valence-corrected chi connectivity index (χ2v) is 15.0. The molecule has 0 radical (unpaired) electrons. The van der Waals surface area contributed by atoms with Crippen molar-refractivity contribution in [2.24, 2.45) is 5.41 Å². The molecule has 4 fully saturated rings. The molecule has 10 nitrogen and oxygen atoms in total. The molecule has 0 aromatic carbocycles. The zero-order valence-corrected chi connectivity index (χ0v) is 24.4. The quantitative estimate of drug-likeness (QED) is 0.380. The molecular formula is C28H48N2O8. The highest BCUT2D eigenvalue weighted by Gasteiger charge is 2.57. The Kier molecular flexibility index (Phi) is 7.32. The van der Waals surface area contributed by atoms with Crippen molar-refractivity contribution in [3.63, 3.8) is 0 Å². The lowest BCUT2D eigenvalue weighted by atomic mass is 9.74. The summed E-state index contributed by atoms with van der Waals surface area (Å²) in [6.45, 7) is 17.2. The predicted octanol–water partition coefficient (Wildman–Crippen LogP) is 3.42. The Morgan fingerprint density at radius 1 is 0.711 bits per heavy atom. The molecule has 4 N–H and O–H groups in total. The van der Waals surface area contributed by atoms with Crippen molar-refractivity contribution in [3.05, 3.63) is 0 Å². The molecule has 0 bridgehead atoms. The standard InChI is InChI=1S/C28H48N2O8/c1-22(2)14-27(15-23(3,4)29-22)35-12-18(37-27)9-26(21(33)34,11-20(31)32)10-19-13-36-28(38-19)16-24(5,6)30-25(7,8)17-28/h18-19,29-30H,9-17H2,1-8H3,(H,31,32)(H,33,34). The highest BCUT2D eigenvalue weighted by atomic mass is 16.8. The second kappa shape index (κ2) is 9.38. The number of aliphatic carboxylic acids is 2. The van der Waals surface area contributed by atoms with Crippen molar-refractivity contribution in [3.8, 4) is 0 Å². The highest BCUT2D eigenvalue weighted by Crippen LogP contribution is 2.48. The van der Waals surface area contributed by atoms with Gasteiger partial charge < -0.3 is 39.8 Å². The summed E-state index contributed by atoms with van der Waals surface area (Å²) in [6, 6.07) is 0. The fourth-order valence-electron chi connectivity index (χ4n) is 8.27. The summed E-state index contributed by atoms with van der Waals surface area (Å²) in [7, 11) is 0. The van der Waals surface area contributed by atoms with E-state index in [1.165, 1.54) is 0 Å². The first kappa shape index (κ1) is 29.7. The van der Waals surface area contributed by atoms with Crippen molar-refractivity contribution >= 4 is 11.9 Å². The number of ether oxygens (including phenoxy) is 4. The van der Waals surface area contributed by atoms with Gasteiger partial charge in [0.15, 0.2) is 11.6 Å². The maximum Gasteiger partial charge on any atom is 0.310 e. The first-order valence-corrected chi connectivity index (χ1v) is 13.8. The molecule has 38 heavy (non-hydrogen) atoms. The molecule has 4 heterocycles. The van der Waals surface area contributed by atoms with Gasteiger partial charge in [-0.15, -0.1) is 0 Å². The van der Waals surface area contributed by atoms with Crippen LogP contribution < -0.4 is 10.6 Å². The third-order valence-corrected chi connectivity index (χ3v) is 8.21. The molecule has 10 heteroatoms. The van der Waals surface area contributed by atoms with E-state index < -0.39 is 47.6 Å². The highest BCUT2D eigenvalue weighted by molar-refractivity contribution is 5.81. The van der Waals surface area contributed by atoms with Crippen LogP contribution in [0.25, 0.3) is 0 Å². The van der Waals surface area contributed by atoms with E-state index in [0.29, 0.717) is 25.7 Å². The Labute approximate surface area is 226 Å². The minimum atomic E-state index is -1.58.